The van der Waals surface area contributed by atoms with Gasteiger partial charge in [0, 0.05) is 20.3 Å². The second kappa shape index (κ2) is 8.99. The predicted octanol–water partition coefficient (Wildman–Crippen LogP) is 1.01. The fraction of sp³-hybridized carbons (Fsp3) is 0.571. The average molecular weight is 317 g/mol. The Labute approximate surface area is 126 Å². The van der Waals surface area contributed by atoms with E-state index < -0.39 is 10.0 Å². The van der Waals surface area contributed by atoms with E-state index in [-0.39, 0.29) is 17.4 Å². The third kappa shape index (κ3) is 6.43. The van der Waals surface area contributed by atoms with Gasteiger partial charge in [-0.25, -0.2) is 13.1 Å². The zero-order chi connectivity index (χ0) is 15.7. The molecule has 1 aromatic carbocycles. The van der Waals surface area contributed by atoms with Crippen molar-refractivity contribution in [3.8, 4) is 5.75 Å². The molecular formula is C14H23NO5S. The average Bonchev–Trinajstić information content (AvgIpc) is 2.46. The molecule has 0 heterocycles. The van der Waals surface area contributed by atoms with Crippen LogP contribution in [0.15, 0.2) is 29.2 Å². The Kier molecular flexibility index (Phi) is 7.66. The predicted molar refractivity (Wildman–Crippen MR) is 79.9 cm³/mol. The molecule has 0 saturated carbocycles. The Hall–Kier alpha value is -1.15. The summed E-state index contributed by atoms with van der Waals surface area (Å²) in [4.78, 5) is 0.192. The first-order valence-corrected chi connectivity index (χ1v) is 8.30. The van der Waals surface area contributed by atoms with E-state index >= 15 is 0 Å². The third-order valence-electron chi connectivity index (χ3n) is 2.93. The standard InChI is InChI=1S/C14H23NO5S/c1-12(7-8-16)11-15-21(17,18)14-5-3-13(4-6-14)20-10-9-19-2/h3-6,12,15-16H,7-11H2,1-2H3. The van der Waals surface area contributed by atoms with Gasteiger partial charge in [0.25, 0.3) is 0 Å². The second-order valence-corrected chi connectivity index (χ2v) is 6.55. The molecule has 1 atom stereocenters. The molecule has 0 saturated heterocycles. The van der Waals surface area contributed by atoms with Crippen LogP contribution in [0.5, 0.6) is 5.75 Å². The van der Waals surface area contributed by atoms with Gasteiger partial charge in [0.2, 0.25) is 10.0 Å². The van der Waals surface area contributed by atoms with Gasteiger partial charge in [-0.3, -0.25) is 0 Å². The first kappa shape index (κ1) is 17.9. The molecule has 1 unspecified atom stereocenters. The van der Waals surface area contributed by atoms with E-state index in [2.05, 4.69) is 4.72 Å². The highest BCUT2D eigenvalue weighted by Gasteiger charge is 2.15. The van der Waals surface area contributed by atoms with E-state index in [9.17, 15) is 8.42 Å². The molecule has 0 bridgehead atoms. The highest BCUT2D eigenvalue weighted by molar-refractivity contribution is 7.89. The fourth-order valence-electron chi connectivity index (χ4n) is 1.62. The smallest absolute Gasteiger partial charge is 0.240 e. The molecular weight excluding hydrogens is 294 g/mol. The number of sulfonamides is 1. The zero-order valence-corrected chi connectivity index (χ0v) is 13.2. The van der Waals surface area contributed by atoms with Crippen LogP contribution in [0, 0.1) is 5.92 Å². The summed E-state index contributed by atoms with van der Waals surface area (Å²) in [6.45, 7) is 3.13. The molecule has 0 spiro atoms. The van der Waals surface area contributed by atoms with Crippen molar-refractivity contribution in [1.29, 1.82) is 0 Å². The largest absolute Gasteiger partial charge is 0.491 e. The molecule has 6 nitrogen and oxygen atoms in total. The van der Waals surface area contributed by atoms with E-state index in [0.29, 0.717) is 31.9 Å². The molecule has 0 aliphatic rings. The van der Waals surface area contributed by atoms with Crippen LogP contribution in [0.3, 0.4) is 0 Å². The number of benzene rings is 1. The molecule has 0 aromatic heterocycles. The van der Waals surface area contributed by atoms with Crippen LogP contribution >= 0.6 is 0 Å². The van der Waals surface area contributed by atoms with Crippen molar-refractivity contribution in [2.24, 2.45) is 5.92 Å². The Balaban J connectivity index is 2.58. The van der Waals surface area contributed by atoms with Crippen LogP contribution in [0.2, 0.25) is 0 Å². The first-order chi connectivity index (χ1) is 9.99. The van der Waals surface area contributed by atoms with Crippen LogP contribution in [-0.2, 0) is 14.8 Å². The SMILES string of the molecule is COCCOc1ccc(S(=O)(=O)NCC(C)CCO)cc1. The monoisotopic (exact) mass is 317 g/mol. The van der Waals surface area contributed by atoms with Gasteiger partial charge in [-0.15, -0.1) is 0 Å². The maximum atomic E-state index is 12.1. The summed E-state index contributed by atoms with van der Waals surface area (Å²) in [5.74, 6) is 0.682. The van der Waals surface area contributed by atoms with Crippen LogP contribution < -0.4 is 9.46 Å². The minimum Gasteiger partial charge on any atom is -0.491 e. The van der Waals surface area contributed by atoms with Crippen molar-refractivity contribution >= 4 is 10.0 Å². The van der Waals surface area contributed by atoms with Crippen molar-refractivity contribution in [3.05, 3.63) is 24.3 Å². The van der Waals surface area contributed by atoms with Crippen LogP contribution in [-0.4, -0.2) is 47.0 Å². The molecule has 21 heavy (non-hydrogen) atoms. The van der Waals surface area contributed by atoms with E-state index in [0.717, 1.165) is 0 Å². The van der Waals surface area contributed by atoms with Crippen molar-refractivity contribution in [1.82, 2.24) is 4.72 Å². The maximum Gasteiger partial charge on any atom is 0.240 e. The van der Waals surface area contributed by atoms with Gasteiger partial charge in [-0.05, 0) is 36.6 Å². The van der Waals surface area contributed by atoms with Gasteiger partial charge in [-0.1, -0.05) is 6.92 Å². The van der Waals surface area contributed by atoms with E-state index in [4.69, 9.17) is 14.6 Å². The van der Waals surface area contributed by atoms with E-state index in [1.165, 1.54) is 12.1 Å². The Morgan fingerprint density at radius 1 is 1.24 bits per heavy atom. The molecule has 0 amide bonds. The van der Waals surface area contributed by atoms with Gasteiger partial charge in [0.05, 0.1) is 11.5 Å². The number of aliphatic hydroxyl groups excluding tert-OH is 1. The highest BCUT2D eigenvalue weighted by Crippen LogP contribution is 2.16. The molecule has 2 N–H and O–H groups in total. The summed E-state index contributed by atoms with van der Waals surface area (Å²) >= 11 is 0. The molecule has 0 aliphatic carbocycles. The van der Waals surface area contributed by atoms with Crippen LogP contribution in [0.1, 0.15) is 13.3 Å². The third-order valence-corrected chi connectivity index (χ3v) is 4.37. The lowest BCUT2D eigenvalue weighted by molar-refractivity contribution is 0.146. The van der Waals surface area contributed by atoms with Crippen LogP contribution in [0.4, 0.5) is 0 Å². The van der Waals surface area contributed by atoms with Crippen molar-refractivity contribution in [3.63, 3.8) is 0 Å². The number of aliphatic hydroxyl groups is 1. The van der Waals surface area contributed by atoms with Gasteiger partial charge >= 0.3 is 0 Å². The van der Waals surface area contributed by atoms with Crippen molar-refractivity contribution in [2.75, 3.05) is 33.5 Å². The van der Waals surface area contributed by atoms with Crippen molar-refractivity contribution in [2.45, 2.75) is 18.2 Å². The lowest BCUT2D eigenvalue weighted by Crippen LogP contribution is -2.28. The number of ether oxygens (including phenoxy) is 2. The number of hydrogen-bond acceptors (Lipinski definition) is 5. The lowest BCUT2D eigenvalue weighted by Gasteiger charge is -2.12. The first-order valence-electron chi connectivity index (χ1n) is 6.82. The maximum absolute atomic E-state index is 12.1. The fourth-order valence-corrected chi connectivity index (χ4v) is 2.78. The molecule has 0 fully saturated rings. The number of hydrogen-bond donors (Lipinski definition) is 2. The van der Waals surface area contributed by atoms with E-state index in [1.54, 1.807) is 19.2 Å². The molecule has 7 heteroatoms. The van der Waals surface area contributed by atoms with Gasteiger partial charge in [-0.2, -0.15) is 0 Å². The Morgan fingerprint density at radius 2 is 1.90 bits per heavy atom. The van der Waals surface area contributed by atoms with Crippen molar-refractivity contribution < 1.29 is 23.0 Å². The molecule has 0 aliphatic heterocycles. The minimum atomic E-state index is -3.53. The topological polar surface area (TPSA) is 84.9 Å². The Morgan fingerprint density at radius 3 is 2.48 bits per heavy atom. The van der Waals surface area contributed by atoms with Gasteiger partial charge in [0.1, 0.15) is 12.4 Å². The molecule has 1 rings (SSSR count). The van der Waals surface area contributed by atoms with Gasteiger partial charge in [0.15, 0.2) is 0 Å². The second-order valence-electron chi connectivity index (χ2n) is 4.78. The molecule has 120 valence electrons. The van der Waals surface area contributed by atoms with Gasteiger partial charge < -0.3 is 14.6 Å². The highest BCUT2D eigenvalue weighted by atomic mass is 32.2. The van der Waals surface area contributed by atoms with Crippen LogP contribution in [0.25, 0.3) is 0 Å². The number of rotatable bonds is 10. The quantitative estimate of drug-likeness (QED) is 0.629. The number of methoxy groups -OCH3 is 1. The summed E-state index contributed by atoms with van der Waals surface area (Å²) in [6, 6.07) is 6.23. The summed E-state index contributed by atoms with van der Waals surface area (Å²) in [6.07, 6.45) is 0.564. The lowest BCUT2D eigenvalue weighted by atomic mass is 10.1. The number of nitrogens with one attached hydrogen (secondary N) is 1. The minimum absolute atomic E-state index is 0.0520. The molecule has 0 radical (unpaired) electrons. The summed E-state index contributed by atoms with van der Waals surface area (Å²) in [7, 11) is -1.94. The molecule has 1 aromatic rings. The summed E-state index contributed by atoms with van der Waals surface area (Å²) in [5, 5.41) is 8.80. The normalized spacial score (nSPS) is 13.1. The Bertz CT molecular complexity index is 501. The summed E-state index contributed by atoms with van der Waals surface area (Å²) in [5.41, 5.74) is 0. The van der Waals surface area contributed by atoms with E-state index in [1.807, 2.05) is 6.92 Å². The zero-order valence-electron chi connectivity index (χ0n) is 12.4. The summed E-state index contributed by atoms with van der Waals surface area (Å²) < 4.78 is 36.9.